The van der Waals surface area contributed by atoms with Crippen molar-refractivity contribution in [1.29, 1.82) is 0 Å². The maximum absolute atomic E-state index is 12.5. The lowest BCUT2D eigenvalue weighted by Crippen LogP contribution is -2.47. The number of fused-ring (bicyclic) bond motifs is 2. The second-order valence-electron chi connectivity index (χ2n) is 5.05. The van der Waals surface area contributed by atoms with Gasteiger partial charge in [-0.05, 0) is 38.3 Å². The first-order valence-electron chi connectivity index (χ1n) is 6.39. The van der Waals surface area contributed by atoms with Crippen LogP contribution in [0.1, 0.15) is 35.2 Å². The molecule has 0 bridgehead atoms. The van der Waals surface area contributed by atoms with Gasteiger partial charge in [-0.1, -0.05) is 11.6 Å². The summed E-state index contributed by atoms with van der Waals surface area (Å²) < 4.78 is 0. The van der Waals surface area contributed by atoms with Crippen molar-refractivity contribution in [3.05, 3.63) is 29.3 Å². The molecule has 0 aliphatic carbocycles. The van der Waals surface area contributed by atoms with E-state index in [0.717, 1.165) is 24.8 Å². The first kappa shape index (κ1) is 11.3. The second-order valence-corrected chi connectivity index (χ2v) is 5.05. The molecule has 1 N–H and O–H groups in total. The number of amides is 2. The third-order valence-corrected chi connectivity index (χ3v) is 3.73. The van der Waals surface area contributed by atoms with Gasteiger partial charge in [-0.2, -0.15) is 0 Å². The number of nitrogens with one attached hydrogen (secondary N) is 1. The number of benzene rings is 1. The fraction of sp³-hybridized carbons (Fsp3) is 0.429. The molecule has 18 heavy (non-hydrogen) atoms. The van der Waals surface area contributed by atoms with Crippen LogP contribution in [-0.4, -0.2) is 29.3 Å². The molecule has 1 atom stereocenters. The molecule has 2 aliphatic heterocycles. The van der Waals surface area contributed by atoms with Crippen LogP contribution in [0.15, 0.2) is 18.2 Å². The number of carbonyl (C=O) groups is 2. The van der Waals surface area contributed by atoms with E-state index in [-0.39, 0.29) is 17.9 Å². The number of rotatable bonds is 0. The Labute approximate surface area is 106 Å². The third-order valence-electron chi connectivity index (χ3n) is 3.73. The van der Waals surface area contributed by atoms with Gasteiger partial charge in [0.2, 0.25) is 5.91 Å². The summed E-state index contributed by atoms with van der Waals surface area (Å²) in [5.74, 6) is -0.0672. The highest BCUT2D eigenvalue weighted by atomic mass is 16.2. The predicted molar refractivity (Wildman–Crippen MR) is 68.5 cm³/mol. The van der Waals surface area contributed by atoms with Gasteiger partial charge >= 0.3 is 0 Å². The molecule has 0 radical (unpaired) electrons. The molecule has 3 rings (SSSR count). The number of hydrogen-bond donors (Lipinski definition) is 1. The molecule has 4 heteroatoms. The van der Waals surface area contributed by atoms with Gasteiger partial charge in [0, 0.05) is 6.54 Å². The summed E-state index contributed by atoms with van der Waals surface area (Å²) in [5, 5.41) is 2.88. The highest BCUT2D eigenvalue weighted by Gasteiger charge is 2.36. The molecular formula is C14H16N2O2. The number of nitrogens with zero attached hydrogens (tertiary/aromatic N) is 1. The lowest BCUT2D eigenvalue weighted by molar-refractivity contribution is -0.121. The van der Waals surface area contributed by atoms with Crippen LogP contribution in [0.2, 0.25) is 0 Å². The highest BCUT2D eigenvalue weighted by molar-refractivity contribution is 6.10. The first-order valence-corrected chi connectivity index (χ1v) is 6.39. The molecule has 0 spiro atoms. The van der Waals surface area contributed by atoms with Gasteiger partial charge in [-0.15, -0.1) is 0 Å². The summed E-state index contributed by atoms with van der Waals surface area (Å²) in [6, 6.07) is 5.30. The lowest BCUT2D eigenvalue weighted by Gasteiger charge is -2.32. The Kier molecular flexibility index (Phi) is 2.58. The maximum Gasteiger partial charge on any atom is 0.256 e. The molecule has 1 aromatic carbocycles. The number of piperidine rings is 1. The summed E-state index contributed by atoms with van der Waals surface area (Å²) >= 11 is 0. The molecule has 1 saturated heterocycles. The van der Waals surface area contributed by atoms with Crippen LogP contribution in [0.25, 0.3) is 0 Å². The van der Waals surface area contributed by atoms with Crippen LogP contribution < -0.4 is 5.32 Å². The molecule has 2 amide bonds. The van der Waals surface area contributed by atoms with Gasteiger partial charge in [0.05, 0.1) is 11.3 Å². The van der Waals surface area contributed by atoms with Crippen molar-refractivity contribution in [2.24, 2.45) is 0 Å². The first-order chi connectivity index (χ1) is 8.66. The van der Waals surface area contributed by atoms with E-state index in [1.807, 2.05) is 25.1 Å². The minimum atomic E-state index is -0.293. The molecule has 1 aromatic rings. The fourth-order valence-corrected chi connectivity index (χ4v) is 2.76. The predicted octanol–water partition coefficient (Wildman–Crippen LogP) is 1.94. The van der Waals surface area contributed by atoms with E-state index in [2.05, 4.69) is 5.32 Å². The largest absolute Gasteiger partial charge is 0.327 e. The van der Waals surface area contributed by atoms with Gasteiger partial charge in [0.15, 0.2) is 0 Å². The number of carbonyl (C=O) groups excluding carboxylic acids is 2. The van der Waals surface area contributed by atoms with E-state index in [1.54, 1.807) is 4.90 Å². The zero-order valence-corrected chi connectivity index (χ0v) is 10.4. The van der Waals surface area contributed by atoms with Crippen molar-refractivity contribution in [3.63, 3.8) is 0 Å². The van der Waals surface area contributed by atoms with Crippen molar-refractivity contribution in [3.8, 4) is 0 Å². The SMILES string of the molecule is Cc1ccc2c(c1)C(=O)N1CCCCC1C(=O)N2. The standard InChI is InChI=1S/C14H16N2O2/c1-9-5-6-11-10(8-9)14(18)16-7-3-2-4-12(16)13(17)15-11/h5-6,8,12H,2-4,7H2,1H3,(H,15,17). The van der Waals surface area contributed by atoms with E-state index < -0.39 is 0 Å². The molecule has 94 valence electrons. The van der Waals surface area contributed by atoms with Gasteiger partial charge in [-0.25, -0.2) is 0 Å². The van der Waals surface area contributed by atoms with Crippen molar-refractivity contribution in [2.45, 2.75) is 32.2 Å². The highest BCUT2D eigenvalue weighted by Crippen LogP contribution is 2.28. The Morgan fingerprint density at radius 1 is 1.28 bits per heavy atom. The van der Waals surface area contributed by atoms with Crippen LogP contribution in [-0.2, 0) is 4.79 Å². The maximum atomic E-state index is 12.5. The van der Waals surface area contributed by atoms with Gasteiger partial charge in [0.1, 0.15) is 6.04 Å². The zero-order valence-electron chi connectivity index (χ0n) is 10.4. The van der Waals surface area contributed by atoms with Gasteiger partial charge < -0.3 is 10.2 Å². The van der Waals surface area contributed by atoms with E-state index >= 15 is 0 Å². The summed E-state index contributed by atoms with van der Waals surface area (Å²) in [6.07, 6.45) is 2.76. The molecule has 0 aromatic heterocycles. The van der Waals surface area contributed by atoms with Crippen LogP contribution in [0.3, 0.4) is 0 Å². The van der Waals surface area contributed by atoms with Crippen molar-refractivity contribution in [2.75, 3.05) is 11.9 Å². The Morgan fingerprint density at radius 2 is 2.11 bits per heavy atom. The Hall–Kier alpha value is -1.84. The molecule has 1 unspecified atom stereocenters. The van der Waals surface area contributed by atoms with Gasteiger partial charge in [-0.3, -0.25) is 9.59 Å². The number of hydrogen-bond acceptors (Lipinski definition) is 2. The minimum absolute atomic E-state index is 0.0169. The van der Waals surface area contributed by atoms with Crippen LogP contribution >= 0.6 is 0 Å². The summed E-state index contributed by atoms with van der Waals surface area (Å²) in [7, 11) is 0. The molecule has 0 saturated carbocycles. The average molecular weight is 244 g/mol. The third kappa shape index (κ3) is 1.68. The normalized spacial score (nSPS) is 22.9. The lowest BCUT2D eigenvalue weighted by atomic mass is 10.0. The number of aryl methyl sites for hydroxylation is 1. The van der Waals surface area contributed by atoms with E-state index in [9.17, 15) is 9.59 Å². The molecule has 2 aliphatic rings. The second kappa shape index (κ2) is 4.12. The summed E-state index contributed by atoms with van der Waals surface area (Å²) in [5.41, 5.74) is 2.30. The monoisotopic (exact) mass is 244 g/mol. The molecule has 2 heterocycles. The van der Waals surface area contributed by atoms with Crippen molar-refractivity contribution < 1.29 is 9.59 Å². The Bertz CT molecular complexity index is 525. The molecule has 4 nitrogen and oxygen atoms in total. The summed E-state index contributed by atoms with van der Waals surface area (Å²) in [6.45, 7) is 2.64. The average Bonchev–Trinajstić information content (AvgIpc) is 2.48. The van der Waals surface area contributed by atoms with E-state index in [0.29, 0.717) is 17.8 Å². The minimum Gasteiger partial charge on any atom is -0.327 e. The van der Waals surface area contributed by atoms with Crippen LogP contribution in [0.5, 0.6) is 0 Å². The van der Waals surface area contributed by atoms with E-state index in [1.165, 1.54) is 0 Å². The smallest absolute Gasteiger partial charge is 0.256 e. The zero-order chi connectivity index (χ0) is 12.7. The molecule has 1 fully saturated rings. The summed E-state index contributed by atoms with van der Waals surface area (Å²) in [4.78, 5) is 26.4. The topological polar surface area (TPSA) is 49.4 Å². The Morgan fingerprint density at radius 3 is 2.94 bits per heavy atom. The molecular weight excluding hydrogens is 228 g/mol. The number of anilines is 1. The van der Waals surface area contributed by atoms with Crippen molar-refractivity contribution >= 4 is 17.5 Å². The van der Waals surface area contributed by atoms with Gasteiger partial charge in [0.25, 0.3) is 5.91 Å². The van der Waals surface area contributed by atoms with Crippen LogP contribution in [0.4, 0.5) is 5.69 Å². The van der Waals surface area contributed by atoms with Crippen molar-refractivity contribution in [1.82, 2.24) is 4.90 Å². The van der Waals surface area contributed by atoms with Crippen LogP contribution in [0, 0.1) is 6.92 Å². The van der Waals surface area contributed by atoms with E-state index in [4.69, 9.17) is 0 Å². The fourth-order valence-electron chi connectivity index (χ4n) is 2.76. The quantitative estimate of drug-likeness (QED) is 0.758. The Balaban J connectivity index is 2.09.